The lowest BCUT2D eigenvalue weighted by molar-refractivity contribution is -0.120. The van der Waals surface area contributed by atoms with Crippen molar-refractivity contribution in [3.05, 3.63) is 81.7 Å². The molecule has 1 amide bonds. The molecule has 0 fully saturated rings. The molecule has 0 bridgehead atoms. The van der Waals surface area contributed by atoms with Crippen LogP contribution in [0.25, 0.3) is 0 Å². The van der Waals surface area contributed by atoms with Crippen LogP contribution in [0.15, 0.2) is 65.0 Å². The Bertz CT molecular complexity index is 1440. The van der Waals surface area contributed by atoms with Crippen LogP contribution >= 0.6 is 0 Å². The average molecular weight is 569 g/mol. The molecule has 0 saturated heterocycles. The largest absolute Gasteiger partial charge is 0.484 e. The number of nitrogens with zero attached hydrogens (tertiary/aromatic N) is 1. The Labute approximate surface area is 250 Å². The van der Waals surface area contributed by atoms with Crippen LogP contribution in [0.5, 0.6) is 5.75 Å². The molecule has 0 radical (unpaired) electrons. The highest BCUT2D eigenvalue weighted by molar-refractivity contribution is 6.06. The molecule has 2 aromatic carbocycles. The van der Waals surface area contributed by atoms with Crippen molar-refractivity contribution < 1.29 is 19.1 Å². The third-order valence-electron chi connectivity index (χ3n) is 8.71. The first-order valence-electron chi connectivity index (χ1n) is 15.2. The molecular formula is C36H44N2O4. The number of carbonyl (C=O) groups is 3. The van der Waals surface area contributed by atoms with Crippen LogP contribution in [0.3, 0.4) is 0 Å². The van der Waals surface area contributed by atoms with E-state index in [4.69, 9.17) is 4.74 Å². The van der Waals surface area contributed by atoms with Gasteiger partial charge in [0.2, 0.25) is 0 Å². The van der Waals surface area contributed by atoms with Crippen molar-refractivity contribution >= 4 is 23.2 Å². The summed E-state index contributed by atoms with van der Waals surface area (Å²) in [6, 6.07) is 13.5. The third-order valence-corrected chi connectivity index (χ3v) is 8.71. The van der Waals surface area contributed by atoms with E-state index in [0.717, 1.165) is 70.7 Å². The fourth-order valence-electron chi connectivity index (χ4n) is 6.92. The second kappa shape index (κ2) is 11.2. The van der Waals surface area contributed by atoms with E-state index >= 15 is 0 Å². The standard InChI is InChI=1S/C36H44N2O4/c1-8-15-38-27-17-35(4,5)19-29(39)33(27)32(34-28(38)18-36(6,7)20-30(34)40)24-10-12-25(13-11-24)42-21-31(41)37-26-14-9-22(2)16-23(26)3/h9-14,16,32H,8,15,17-21H2,1-7H3,(H,37,41). The van der Waals surface area contributed by atoms with Gasteiger partial charge in [-0.3, -0.25) is 14.4 Å². The number of carbonyl (C=O) groups excluding carboxylic acids is 3. The molecule has 1 aliphatic heterocycles. The van der Waals surface area contributed by atoms with Crippen molar-refractivity contribution in [1.82, 2.24) is 4.90 Å². The molecule has 5 rings (SSSR count). The zero-order chi connectivity index (χ0) is 30.4. The van der Waals surface area contributed by atoms with E-state index in [-0.39, 0.29) is 40.8 Å². The van der Waals surface area contributed by atoms with Gasteiger partial charge >= 0.3 is 0 Å². The summed E-state index contributed by atoms with van der Waals surface area (Å²) in [6.45, 7) is 15.5. The molecule has 42 heavy (non-hydrogen) atoms. The van der Waals surface area contributed by atoms with Gasteiger partial charge in [0.05, 0.1) is 0 Å². The summed E-state index contributed by atoms with van der Waals surface area (Å²) in [7, 11) is 0. The van der Waals surface area contributed by atoms with E-state index in [9.17, 15) is 14.4 Å². The minimum Gasteiger partial charge on any atom is -0.484 e. The minimum absolute atomic E-state index is 0.117. The summed E-state index contributed by atoms with van der Waals surface area (Å²) in [5.74, 6) is 0.232. The number of allylic oxidation sites excluding steroid dienone is 4. The van der Waals surface area contributed by atoms with Crippen molar-refractivity contribution in [3.8, 4) is 5.75 Å². The van der Waals surface area contributed by atoms with Gasteiger partial charge < -0.3 is 15.0 Å². The van der Waals surface area contributed by atoms with Crippen molar-refractivity contribution in [2.75, 3.05) is 18.5 Å². The number of ether oxygens (including phenoxy) is 1. The number of nitrogens with one attached hydrogen (secondary N) is 1. The number of amides is 1. The van der Waals surface area contributed by atoms with Crippen LogP contribution in [0.2, 0.25) is 0 Å². The number of rotatable bonds is 7. The maximum atomic E-state index is 13.8. The Morgan fingerprint density at radius 2 is 1.45 bits per heavy atom. The molecule has 0 spiro atoms. The SMILES string of the molecule is CCCN1C2=C(C(=O)CC(C)(C)C2)C(c2ccc(OCC(=O)Nc3ccc(C)cc3C)cc2)C2=C1CC(C)(C)CC2=O. The lowest BCUT2D eigenvalue weighted by Crippen LogP contribution is -2.44. The molecule has 0 atom stereocenters. The Kier molecular flexibility index (Phi) is 7.95. The van der Waals surface area contributed by atoms with Crippen molar-refractivity contribution in [1.29, 1.82) is 0 Å². The summed E-state index contributed by atoms with van der Waals surface area (Å²) < 4.78 is 5.83. The summed E-state index contributed by atoms with van der Waals surface area (Å²) in [6.07, 6.45) is 3.51. The monoisotopic (exact) mass is 568 g/mol. The molecular weight excluding hydrogens is 524 g/mol. The van der Waals surface area contributed by atoms with E-state index < -0.39 is 0 Å². The quantitative estimate of drug-likeness (QED) is 0.376. The first kappa shape index (κ1) is 29.8. The molecule has 2 aromatic rings. The molecule has 0 unspecified atom stereocenters. The summed E-state index contributed by atoms with van der Waals surface area (Å²) >= 11 is 0. The maximum Gasteiger partial charge on any atom is 0.262 e. The Balaban J connectivity index is 1.45. The van der Waals surface area contributed by atoms with Gasteiger partial charge in [-0.05, 0) is 73.3 Å². The normalized spacial score (nSPS) is 19.9. The highest BCUT2D eigenvalue weighted by Gasteiger charge is 2.48. The van der Waals surface area contributed by atoms with Gasteiger partial charge in [-0.15, -0.1) is 0 Å². The van der Waals surface area contributed by atoms with E-state index in [2.05, 4.69) is 44.8 Å². The molecule has 6 heteroatoms. The zero-order valence-electron chi connectivity index (χ0n) is 26.1. The number of benzene rings is 2. The van der Waals surface area contributed by atoms with Crippen LogP contribution in [-0.4, -0.2) is 35.5 Å². The Hall–Kier alpha value is -3.67. The van der Waals surface area contributed by atoms with Gasteiger partial charge in [-0.25, -0.2) is 0 Å². The number of ketones is 2. The first-order valence-corrected chi connectivity index (χ1v) is 15.2. The first-order chi connectivity index (χ1) is 19.8. The fourth-order valence-corrected chi connectivity index (χ4v) is 6.92. The smallest absolute Gasteiger partial charge is 0.262 e. The number of anilines is 1. The average Bonchev–Trinajstić information content (AvgIpc) is 2.89. The van der Waals surface area contributed by atoms with E-state index in [1.807, 2.05) is 56.3 Å². The number of aryl methyl sites for hydroxylation is 2. The molecule has 1 N–H and O–H groups in total. The molecule has 0 saturated carbocycles. The minimum atomic E-state index is -0.378. The van der Waals surface area contributed by atoms with Crippen LogP contribution in [-0.2, 0) is 14.4 Å². The van der Waals surface area contributed by atoms with Gasteiger partial charge in [0.25, 0.3) is 5.91 Å². The van der Waals surface area contributed by atoms with E-state index in [1.165, 1.54) is 0 Å². The number of hydrogen-bond donors (Lipinski definition) is 1. The van der Waals surface area contributed by atoms with E-state index in [1.54, 1.807) is 0 Å². The van der Waals surface area contributed by atoms with Crippen molar-refractivity contribution in [2.45, 2.75) is 86.5 Å². The van der Waals surface area contributed by atoms with Crippen molar-refractivity contribution in [2.24, 2.45) is 10.8 Å². The Morgan fingerprint density at radius 1 is 0.881 bits per heavy atom. The summed E-state index contributed by atoms with van der Waals surface area (Å²) in [5.41, 5.74) is 7.33. The lowest BCUT2D eigenvalue weighted by atomic mass is 9.63. The zero-order valence-corrected chi connectivity index (χ0v) is 26.1. The van der Waals surface area contributed by atoms with Crippen molar-refractivity contribution in [3.63, 3.8) is 0 Å². The van der Waals surface area contributed by atoms with Gasteiger partial charge in [0, 0.05) is 53.5 Å². The van der Waals surface area contributed by atoms with Gasteiger partial charge in [-0.2, -0.15) is 0 Å². The predicted molar refractivity (Wildman–Crippen MR) is 166 cm³/mol. The summed E-state index contributed by atoms with van der Waals surface area (Å²) in [5, 5.41) is 2.91. The second-order valence-corrected chi connectivity index (χ2v) is 13.9. The molecule has 6 nitrogen and oxygen atoms in total. The van der Waals surface area contributed by atoms with Crippen LogP contribution in [0.4, 0.5) is 5.69 Å². The van der Waals surface area contributed by atoms with Gasteiger partial charge in [0.15, 0.2) is 18.2 Å². The highest BCUT2D eigenvalue weighted by atomic mass is 16.5. The second-order valence-electron chi connectivity index (χ2n) is 13.9. The molecule has 2 aliphatic carbocycles. The fraction of sp³-hybridized carbons (Fsp3) is 0.472. The maximum absolute atomic E-state index is 13.8. The molecule has 222 valence electrons. The summed E-state index contributed by atoms with van der Waals surface area (Å²) in [4.78, 5) is 42.6. The predicted octanol–water partition coefficient (Wildman–Crippen LogP) is 7.42. The number of Topliss-reactive ketones (excluding diaryl/α,β-unsaturated/α-hetero) is 2. The van der Waals surface area contributed by atoms with Crippen LogP contribution in [0, 0.1) is 24.7 Å². The third kappa shape index (κ3) is 5.95. The molecule has 1 heterocycles. The Morgan fingerprint density at radius 3 is 1.98 bits per heavy atom. The van der Waals surface area contributed by atoms with Crippen LogP contribution in [0.1, 0.15) is 89.3 Å². The lowest BCUT2D eigenvalue weighted by Gasteiger charge is -2.49. The number of hydrogen-bond acceptors (Lipinski definition) is 5. The van der Waals surface area contributed by atoms with Crippen LogP contribution < -0.4 is 10.1 Å². The highest BCUT2D eigenvalue weighted by Crippen LogP contribution is 2.54. The van der Waals surface area contributed by atoms with E-state index in [0.29, 0.717) is 18.6 Å². The molecule has 0 aromatic heterocycles. The topological polar surface area (TPSA) is 75.7 Å². The van der Waals surface area contributed by atoms with Gasteiger partial charge in [0.1, 0.15) is 5.75 Å². The van der Waals surface area contributed by atoms with Gasteiger partial charge in [-0.1, -0.05) is 64.4 Å². The molecule has 3 aliphatic rings.